The molecule has 2 amide bonds. The van der Waals surface area contributed by atoms with E-state index in [9.17, 15) is 19.7 Å². The lowest BCUT2D eigenvalue weighted by atomic mass is 10.1. The number of hydrogen-bond acceptors (Lipinski definition) is 5. The van der Waals surface area contributed by atoms with E-state index >= 15 is 0 Å². The third kappa shape index (κ3) is 6.51. The summed E-state index contributed by atoms with van der Waals surface area (Å²) in [5.41, 5.74) is 1.26. The number of rotatable bonds is 10. The van der Waals surface area contributed by atoms with Crippen molar-refractivity contribution in [2.75, 3.05) is 6.54 Å². The van der Waals surface area contributed by atoms with Crippen LogP contribution in [0.4, 0.5) is 5.69 Å². The van der Waals surface area contributed by atoms with Gasteiger partial charge in [0.2, 0.25) is 5.91 Å². The molecule has 0 fully saturated rings. The summed E-state index contributed by atoms with van der Waals surface area (Å²) >= 11 is 1.65. The molecule has 0 bridgehead atoms. The minimum absolute atomic E-state index is 0.0674. The second-order valence-corrected chi connectivity index (χ2v) is 9.61. The number of nitro groups is 1. The van der Waals surface area contributed by atoms with E-state index < -0.39 is 4.92 Å². The number of non-ortho nitro benzene ring substituents is 1. The zero-order valence-corrected chi connectivity index (χ0v) is 20.5. The van der Waals surface area contributed by atoms with E-state index in [2.05, 4.69) is 0 Å². The largest absolute Gasteiger partial charge is 0.332 e. The number of benzene rings is 2. The zero-order valence-electron chi connectivity index (χ0n) is 19.6. The molecule has 1 heterocycles. The molecule has 1 unspecified atom stereocenters. The lowest BCUT2D eigenvalue weighted by Gasteiger charge is -2.31. The number of nitrogens with zero attached hydrogens (tertiary/aromatic N) is 3. The topological polar surface area (TPSA) is 83.8 Å². The number of carbonyl (C=O) groups is 2. The van der Waals surface area contributed by atoms with E-state index in [1.807, 2.05) is 63.2 Å². The lowest BCUT2D eigenvalue weighted by molar-refractivity contribution is -0.384. The first-order valence-corrected chi connectivity index (χ1v) is 12.0. The molecule has 34 heavy (non-hydrogen) atoms. The molecule has 2 aromatic carbocycles. The minimum atomic E-state index is -0.502. The van der Waals surface area contributed by atoms with Gasteiger partial charge < -0.3 is 9.80 Å². The highest BCUT2D eigenvalue weighted by molar-refractivity contribution is 7.11. The molecule has 8 heteroatoms. The smallest absolute Gasteiger partial charge is 0.269 e. The molecule has 178 valence electrons. The molecule has 0 radical (unpaired) electrons. The SMILES string of the molecule is CCC(C)N(CC(=O)N(Cc1ccccc1)Cc1ccc(C)s1)C(=O)c1ccc([N+](=O)[O-])cc1. The highest BCUT2D eigenvalue weighted by Crippen LogP contribution is 2.20. The first-order valence-electron chi connectivity index (χ1n) is 11.2. The number of amides is 2. The van der Waals surface area contributed by atoms with Gasteiger partial charge in [-0.2, -0.15) is 0 Å². The van der Waals surface area contributed by atoms with Crippen molar-refractivity contribution < 1.29 is 14.5 Å². The molecule has 0 aliphatic carbocycles. The normalized spacial score (nSPS) is 11.6. The summed E-state index contributed by atoms with van der Waals surface area (Å²) < 4.78 is 0. The molecule has 7 nitrogen and oxygen atoms in total. The van der Waals surface area contributed by atoms with Crippen LogP contribution in [0.3, 0.4) is 0 Å². The van der Waals surface area contributed by atoms with Crippen molar-refractivity contribution in [1.82, 2.24) is 9.80 Å². The van der Waals surface area contributed by atoms with Crippen LogP contribution in [0.25, 0.3) is 0 Å². The van der Waals surface area contributed by atoms with Crippen molar-refractivity contribution in [3.63, 3.8) is 0 Å². The number of thiophene rings is 1. The lowest BCUT2D eigenvalue weighted by Crippen LogP contribution is -2.46. The Kier molecular flexibility index (Phi) is 8.54. The Bertz CT molecular complexity index is 1130. The predicted molar refractivity (Wildman–Crippen MR) is 134 cm³/mol. The zero-order chi connectivity index (χ0) is 24.7. The Morgan fingerprint density at radius 2 is 1.68 bits per heavy atom. The summed E-state index contributed by atoms with van der Waals surface area (Å²) in [4.78, 5) is 42.9. The number of carbonyl (C=O) groups excluding carboxylic acids is 2. The number of nitro benzene ring substituents is 1. The third-order valence-electron chi connectivity index (χ3n) is 5.73. The van der Waals surface area contributed by atoms with E-state index in [1.54, 1.807) is 21.1 Å². The first kappa shape index (κ1) is 25.1. The van der Waals surface area contributed by atoms with Crippen molar-refractivity contribution in [3.8, 4) is 0 Å². The van der Waals surface area contributed by atoms with Crippen LogP contribution in [0, 0.1) is 17.0 Å². The van der Waals surface area contributed by atoms with Crippen LogP contribution in [0.15, 0.2) is 66.7 Å². The van der Waals surface area contributed by atoms with Crippen LogP contribution < -0.4 is 0 Å². The molecule has 3 rings (SSSR count). The molecular weight excluding hydrogens is 450 g/mol. The Morgan fingerprint density at radius 3 is 2.24 bits per heavy atom. The molecule has 0 spiro atoms. The van der Waals surface area contributed by atoms with Crippen LogP contribution >= 0.6 is 11.3 Å². The van der Waals surface area contributed by atoms with Crippen LogP contribution in [-0.4, -0.2) is 39.1 Å². The molecule has 0 saturated heterocycles. The van der Waals surface area contributed by atoms with Gasteiger partial charge in [-0.3, -0.25) is 19.7 Å². The van der Waals surface area contributed by atoms with E-state index in [1.165, 1.54) is 29.1 Å². The highest BCUT2D eigenvalue weighted by atomic mass is 32.1. The fraction of sp³-hybridized carbons (Fsp3) is 0.308. The average molecular weight is 480 g/mol. The van der Waals surface area contributed by atoms with Gasteiger partial charge in [0.05, 0.1) is 11.5 Å². The Balaban J connectivity index is 1.83. The van der Waals surface area contributed by atoms with Crippen molar-refractivity contribution in [2.45, 2.75) is 46.3 Å². The third-order valence-corrected chi connectivity index (χ3v) is 6.71. The van der Waals surface area contributed by atoms with E-state index in [0.717, 1.165) is 10.4 Å². The molecule has 1 aromatic heterocycles. The second kappa shape index (κ2) is 11.6. The highest BCUT2D eigenvalue weighted by Gasteiger charge is 2.26. The van der Waals surface area contributed by atoms with Crippen molar-refractivity contribution >= 4 is 28.8 Å². The summed E-state index contributed by atoms with van der Waals surface area (Å²) in [5, 5.41) is 11.0. The molecule has 1 atom stereocenters. The van der Waals surface area contributed by atoms with Gasteiger partial charge in [-0.05, 0) is 50.1 Å². The van der Waals surface area contributed by atoms with E-state index in [4.69, 9.17) is 0 Å². The van der Waals surface area contributed by atoms with Crippen molar-refractivity contribution in [2.24, 2.45) is 0 Å². The van der Waals surface area contributed by atoms with Gasteiger partial charge in [-0.1, -0.05) is 37.3 Å². The van der Waals surface area contributed by atoms with Crippen molar-refractivity contribution in [3.05, 3.63) is 97.7 Å². The maximum absolute atomic E-state index is 13.5. The molecule has 0 N–H and O–H groups in total. The molecular formula is C26H29N3O4S. The van der Waals surface area contributed by atoms with Gasteiger partial charge in [-0.15, -0.1) is 11.3 Å². The van der Waals surface area contributed by atoms with Gasteiger partial charge in [0, 0.05) is 40.0 Å². The standard InChI is InChI=1S/C26H29N3O4S/c1-4-19(2)28(26(31)22-11-13-23(14-12-22)29(32)33)18-25(30)27(16-21-8-6-5-7-9-21)17-24-15-10-20(3)34-24/h5-15,19H,4,16-18H2,1-3H3. The van der Waals surface area contributed by atoms with Gasteiger partial charge in [0.25, 0.3) is 11.6 Å². The monoisotopic (exact) mass is 479 g/mol. The Labute approximate surface area is 203 Å². The van der Waals surface area contributed by atoms with Crippen LogP contribution in [0.5, 0.6) is 0 Å². The Hall–Kier alpha value is -3.52. The average Bonchev–Trinajstić information content (AvgIpc) is 3.26. The molecule has 0 aliphatic rings. The maximum Gasteiger partial charge on any atom is 0.269 e. The summed E-state index contributed by atoms with van der Waals surface area (Å²) in [6.07, 6.45) is 0.675. The molecule has 0 aliphatic heterocycles. The van der Waals surface area contributed by atoms with Gasteiger partial charge in [0.1, 0.15) is 6.54 Å². The van der Waals surface area contributed by atoms with E-state index in [0.29, 0.717) is 25.1 Å². The molecule has 3 aromatic rings. The fourth-order valence-electron chi connectivity index (χ4n) is 3.58. The quantitative estimate of drug-likeness (QED) is 0.287. The number of aryl methyl sites for hydroxylation is 1. The first-order chi connectivity index (χ1) is 16.3. The van der Waals surface area contributed by atoms with Gasteiger partial charge in [0.15, 0.2) is 0 Å². The Morgan fingerprint density at radius 1 is 1.00 bits per heavy atom. The van der Waals surface area contributed by atoms with Gasteiger partial charge >= 0.3 is 0 Å². The summed E-state index contributed by atoms with van der Waals surface area (Å²) in [7, 11) is 0. The minimum Gasteiger partial charge on any atom is -0.332 e. The number of hydrogen-bond donors (Lipinski definition) is 0. The van der Waals surface area contributed by atoms with Crippen LogP contribution in [0.1, 0.15) is 45.9 Å². The van der Waals surface area contributed by atoms with Gasteiger partial charge in [-0.25, -0.2) is 0 Å². The summed E-state index contributed by atoms with van der Waals surface area (Å²) in [6, 6.07) is 19.2. The summed E-state index contributed by atoms with van der Waals surface area (Å²) in [5.74, 6) is -0.463. The predicted octanol–water partition coefficient (Wildman–Crippen LogP) is 5.43. The van der Waals surface area contributed by atoms with Crippen LogP contribution in [-0.2, 0) is 17.9 Å². The summed E-state index contributed by atoms with van der Waals surface area (Å²) in [6.45, 7) is 6.73. The fourth-order valence-corrected chi connectivity index (χ4v) is 4.49. The van der Waals surface area contributed by atoms with Crippen molar-refractivity contribution in [1.29, 1.82) is 0 Å². The van der Waals surface area contributed by atoms with Crippen LogP contribution in [0.2, 0.25) is 0 Å². The molecule has 0 saturated carbocycles. The second-order valence-electron chi connectivity index (χ2n) is 8.24. The maximum atomic E-state index is 13.5. The van der Waals surface area contributed by atoms with E-state index in [-0.39, 0.29) is 30.1 Å².